The lowest BCUT2D eigenvalue weighted by molar-refractivity contribution is 0.0951. The molecule has 5 aromatic rings. The molecule has 0 saturated heterocycles. The second-order valence-corrected chi connectivity index (χ2v) is 8.91. The van der Waals surface area contributed by atoms with Gasteiger partial charge in [-0.05, 0) is 55.6 Å². The summed E-state index contributed by atoms with van der Waals surface area (Å²) in [6, 6.07) is 24.5. The molecule has 0 saturated carbocycles. The molecule has 0 atom stereocenters. The summed E-state index contributed by atoms with van der Waals surface area (Å²) in [6.07, 6.45) is 1.92. The highest BCUT2D eigenvalue weighted by atomic mass is 16.1. The molecule has 0 radical (unpaired) electrons. The molecular weight excluding hydrogens is 434 g/mol. The number of nitrogens with one attached hydrogen (secondary N) is 3. The van der Waals surface area contributed by atoms with Gasteiger partial charge in [0.05, 0.1) is 0 Å². The van der Waals surface area contributed by atoms with Crippen molar-refractivity contribution in [2.24, 2.45) is 0 Å². The third-order valence-corrected chi connectivity index (χ3v) is 6.27. The summed E-state index contributed by atoms with van der Waals surface area (Å²) in [5.41, 5.74) is 7.88. The minimum Gasteiger partial charge on any atom is -0.388 e. The number of hydrogen-bond acceptors (Lipinski definition) is 4. The minimum absolute atomic E-state index is 0.0634. The first-order valence-corrected chi connectivity index (χ1v) is 11.8. The van der Waals surface area contributed by atoms with Gasteiger partial charge in [0.2, 0.25) is 0 Å². The van der Waals surface area contributed by atoms with Crippen LogP contribution in [-0.4, -0.2) is 55.0 Å². The topological polar surface area (TPSA) is 73.0 Å². The van der Waals surface area contributed by atoms with Gasteiger partial charge in [-0.25, -0.2) is 4.98 Å². The maximum atomic E-state index is 12.6. The number of aromatic nitrogens is 2. The van der Waals surface area contributed by atoms with E-state index in [1.807, 2.05) is 62.6 Å². The molecule has 2 heterocycles. The van der Waals surface area contributed by atoms with Crippen LogP contribution in [0, 0.1) is 0 Å². The Balaban J connectivity index is 1.62. The van der Waals surface area contributed by atoms with E-state index < -0.39 is 0 Å². The first-order valence-electron chi connectivity index (χ1n) is 11.8. The summed E-state index contributed by atoms with van der Waals surface area (Å²) < 4.78 is 0. The summed E-state index contributed by atoms with van der Waals surface area (Å²) >= 11 is 0. The van der Waals surface area contributed by atoms with Gasteiger partial charge in [-0.2, -0.15) is 0 Å². The van der Waals surface area contributed by atoms with E-state index in [1.165, 1.54) is 0 Å². The Labute approximate surface area is 205 Å². The number of carbonyl (C=O) groups excluding carboxylic acids is 1. The van der Waals surface area contributed by atoms with Gasteiger partial charge in [0.15, 0.2) is 0 Å². The van der Waals surface area contributed by atoms with Gasteiger partial charge in [-0.1, -0.05) is 42.5 Å². The molecule has 0 spiro atoms. The number of likely N-dealkylation sites (N-methyl/N-ethyl adjacent to an activating group) is 1. The van der Waals surface area contributed by atoms with Crippen molar-refractivity contribution in [2.75, 3.05) is 39.5 Å². The molecule has 176 valence electrons. The largest absolute Gasteiger partial charge is 0.388 e. The van der Waals surface area contributed by atoms with Crippen LogP contribution in [0.25, 0.3) is 44.2 Å². The number of benzene rings is 3. The van der Waals surface area contributed by atoms with Crippen LogP contribution in [-0.2, 0) is 0 Å². The van der Waals surface area contributed by atoms with Gasteiger partial charge in [0.25, 0.3) is 5.91 Å². The highest BCUT2D eigenvalue weighted by molar-refractivity contribution is 6.16. The molecule has 2 aromatic heterocycles. The number of hydrogen-bond donors (Lipinski definition) is 3. The van der Waals surface area contributed by atoms with Crippen molar-refractivity contribution in [1.29, 1.82) is 0 Å². The Morgan fingerprint density at radius 1 is 0.971 bits per heavy atom. The zero-order chi connectivity index (χ0) is 24.4. The van der Waals surface area contributed by atoms with Crippen LogP contribution in [0.15, 0.2) is 79.0 Å². The number of anilines is 1. The second kappa shape index (κ2) is 9.60. The third-order valence-electron chi connectivity index (χ3n) is 6.27. The Morgan fingerprint density at radius 3 is 2.46 bits per heavy atom. The fourth-order valence-electron chi connectivity index (χ4n) is 4.43. The van der Waals surface area contributed by atoms with Gasteiger partial charge >= 0.3 is 0 Å². The first-order chi connectivity index (χ1) is 17.0. The molecule has 1 amide bonds. The molecular formula is C29H29N5O. The molecule has 6 heteroatoms. The van der Waals surface area contributed by atoms with E-state index in [9.17, 15) is 4.79 Å². The van der Waals surface area contributed by atoms with Crippen LogP contribution >= 0.6 is 0 Å². The molecule has 0 aliphatic carbocycles. The smallest absolute Gasteiger partial charge is 0.251 e. The van der Waals surface area contributed by atoms with E-state index in [4.69, 9.17) is 4.98 Å². The Kier molecular flexibility index (Phi) is 6.21. The molecule has 3 N–H and O–H groups in total. The van der Waals surface area contributed by atoms with E-state index in [0.717, 1.165) is 56.4 Å². The predicted molar refractivity (Wildman–Crippen MR) is 145 cm³/mol. The number of H-pyrrole nitrogens is 1. The summed E-state index contributed by atoms with van der Waals surface area (Å²) in [6.45, 7) is 1.41. The van der Waals surface area contributed by atoms with Crippen molar-refractivity contribution in [3.8, 4) is 22.3 Å². The van der Waals surface area contributed by atoms with Crippen LogP contribution in [0.5, 0.6) is 0 Å². The molecule has 35 heavy (non-hydrogen) atoms. The van der Waals surface area contributed by atoms with Crippen molar-refractivity contribution in [2.45, 2.75) is 0 Å². The molecule has 0 bridgehead atoms. The Bertz CT molecular complexity index is 1490. The van der Waals surface area contributed by atoms with Gasteiger partial charge < -0.3 is 20.5 Å². The normalized spacial score (nSPS) is 11.3. The van der Waals surface area contributed by atoms with Crippen molar-refractivity contribution >= 4 is 33.5 Å². The van der Waals surface area contributed by atoms with Crippen LogP contribution in [0.1, 0.15) is 10.4 Å². The summed E-state index contributed by atoms with van der Waals surface area (Å²) in [4.78, 5) is 22.9. The van der Waals surface area contributed by atoms with Crippen LogP contribution in [0.3, 0.4) is 0 Å². The molecule has 0 unspecified atom stereocenters. The van der Waals surface area contributed by atoms with Crippen molar-refractivity contribution in [1.82, 2.24) is 20.2 Å². The number of carbonyl (C=O) groups is 1. The SMILES string of the molecule is CNc1ccc2[nH]c3ncc(-c4ccc(C(=O)NCCN(C)C)cc4)c(-c4ccccc4)c3c2c1. The van der Waals surface area contributed by atoms with Gasteiger partial charge in [-0.15, -0.1) is 0 Å². The van der Waals surface area contributed by atoms with E-state index in [0.29, 0.717) is 12.1 Å². The highest BCUT2D eigenvalue weighted by Crippen LogP contribution is 2.41. The van der Waals surface area contributed by atoms with Crippen molar-refractivity contribution in [3.05, 3.63) is 84.6 Å². The van der Waals surface area contributed by atoms with Crippen LogP contribution in [0.2, 0.25) is 0 Å². The summed E-state index contributed by atoms with van der Waals surface area (Å²) in [5.74, 6) is -0.0634. The van der Waals surface area contributed by atoms with E-state index in [2.05, 4.69) is 58.1 Å². The molecule has 0 aliphatic rings. The molecule has 0 aliphatic heterocycles. The van der Waals surface area contributed by atoms with Gasteiger partial charge in [0, 0.05) is 65.0 Å². The van der Waals surface area contributed by atoms with Crippen LogP contribution < -0.4 is 10.6 Å². The summed E-state index contributed by atoms with van der Waals surface area (Å²) in [5, 5.41) is 8.43. The highest BCUT2D eigenvalue weighted by Gasteiger charge is 2.18. The van der Waals surface area contributed by atoms with E-state index >= 15 is 0 Å². The molecule has 0 fully saturated rings. The van der Waals surface area contributed by atoms with Gasteiger partial charge in [-0.3, -0.25) is 4.79 Å². The average Bonchev–Trinajstić information content (AvgIpc) is 3.26. The fourth-order valence-corrected chi connectivity index (χ4v) is 4.43. The van der Waals surface area contributed by atoms with Gasteiger partial charge in [0.1, 0.15) is 5.65 Å². The number of pyridine rings is 1. The maximum absolute atomic E-state index is 12.6. The number of rotatable bonds is 7. The monoisotopic (exact) mass is 463 g/mol. The predicted octanol–water partition coefficient (Wildman–Crippen LogP) is 5.38. The maximum Gasteiger partial charge on any atom is 0.251 e. The van der Waals surface area contributed by atoms with Crippen molar-refractivity contribution < 1.29 is 4.79 Å². The Morgan fingerprint density at radius 2 is 1.74 bits per heavy atom. The zero-order valence-corrected chi connectivity index (χ0v) is 20.2. The summed E-state index contributed by atoms with van der Waals surface area (Å²) in [7, 11) is 5.91. The molecule has 3 aromatic carbocycles. The zero-order valence-electron chi connectivity index (χ0n) is 20.2. The minimum atomic E-state index is -0.0634. The third kappa shape index (κ3) is 4.48. The van der Waals surface area contributed by atoms with Crippen molar-refractivity contribution in [3.63, 3.8) is 0 Å². The standard InChI is InChI=1S/C29H29N5O/c1-30-22-13-14-25-23(17-22)27-26(20-7-5-4-6-8-20)24(18-32-28(27)33-25)19-9-11-21(12-10-19)29(35)31-15-16-34(2)3/h4-14,17-18,30H,15-16H2,1-3H3,(H,31,35)(H,32,33). The average molecular weight is 464 g/mol. The number of nitrogens with zero attached hydrogens (tertiary/aromatic N) is 2. The lowest BCUT2D eigenvalue weighted by Crippen LogP contribution is -2.31. The molecule has 5 rings (SSSR count). The number of fused-ring (bicyclic) bond motifs is 3. The number of amides is 1. The molecule has 6 nitrogen and oxygen atoms in total. The second-order valence-electron chi connectivity index (χ2n) is 8.91. The first kappa shape index (κ1) is 22.6. The fraction of sp³-hybridized carbons (Fsp3) is 0.172. The van der Waals surface area contributed by atoms with Crippen LogP contribution in [0.4, 0.5) is 5.69 Å². The Hall–Kier alpha value is -4.16. The number of aromatic amines is 1. The van der Waals surface area contributed by atoms with E-state index in [1.54, 1.807) is 0 Å². The lowest BCUT2D eigenvalue weighted by Gasteiger charge is -2.13. The lowest BCUT2D eigenvalue weighted by atomic mass is 9.92. The quantitative estimate of drug-likeness (QED) is 0.303. The van der Waals surface area contributed by atoms with E-state index in [-0.39, 0.29) is 5.91 Å².